The highest BCUT2D eigenvalue weighted by Crippen LogP contribution is 2.12. The highest BCUT2D eigenvalue weighted by atomic mass is 16.5. The van der Waals surface area contributed by atoms with Gasteiger partial charge in [-0.3, -0.25) is 25.2 Å². The maximum Gasteiger partial charge on any atom is 0.328 e. The number of ether oxygens (including phenoxy) is 1. The van der Waals surface area contributed by atoms with Crippen molar-refractivity contribution in [1.82, 2.24) is 10.9 Å². The number of hydrogen-bond acceptors (Lipinski definition) is 4. The van der Waals surface area contributed by atoms with Crippen molar-refractivity contribution in [3.8, 4) is 5.75 Å². The molecule has 130 valence electrons. The number of aryl methyl sites for hydroxylation is 1. The van der Waals surface area contributed by atoms with Crippen LogP contribution in [0, 0.1) is 6.92 Å². The molecule has 3 N–H and O–H groups in total. The summed E-state index contributed by atoms with van der Waals surface area (Å²) in [5.74, 6) is -1.93. The standard InChI is InChI=1S/C18H19N3O4/c1-12-8-6-7-11-15(12)19-17(23)18(24)21-20-16(22)13(2)25-14-9-4-3-5-10-14/h3-11,13H,1-2H3,(H,19,23)(H,20,22)(H,21,24)/t13-/m0/s1. The second kappa shape index (κ2) is 8.49. The van der Waals surface area contributed by atoms with Crippen molar-refractivity contribution < 1.29 is 19.1 Å². The molecular formula is C18H19N3O4. The molecule has 0 aliphatic carbocycles. The molecule has 0 unspecified atom stereocenters. The average Bonchev–Trinajstić information content (AvgIpc) is 2.62. The first-order valence-corrected chi connectivity index (χ1v) is 7.66. The Hall–Kier alpha value is -3.35. The summed E-state index contributed by atoms with van der Waals surface area (Å²) < 4.78 is 5.42. The van der Waals surface area contributed by atoms with Gasteiger partial charge in [-0.2, -0.15) is 0 Å². The van der Waals surface area contributed by atoms with Crippen molar-refractivity contribution in [2.45, 2.75) is 20.0 Å². The van der Waals surface area contributed by atoms with Gasteiger partial charge in [0, 0.05) is 5.69 Å². The van der Waals surface area contributed by atoms with E-state index >= 15 is 0 Å². The minimum Gasteiger partial charge on any atom is -0.481 e. The summed E-state index contributed by atoms with van der Waals surface area (Å²) in [4.78, 5) is 35.5. The van der Waals surface area contributed by atoms with Crippen LogP contribution in [-0.4, -0.2) is 23.8 Å². The molecule has 0 aliphatic heterocycles. The van der Waals surface area contributed by atoms with Crippen LogP contribution in [0.15, 0.2) is 54.6 Å². The van der Waals surface area contributed by atoms with Crippen LogP contribution in [-0.2, 0) is 14.4 Å². The molecule has 0 heterocycles. The van der Waals surface area contributed by atoms with Crippen molar-refractivity contribution in [1.29, 1.82) is 0 Å². The molecule has 2 rings (SSSR count). The summed E-state index contributed by atoms with van der Waals surface area (Å²) in [6.07, 6.45) is -0.845. The van der Waals surface area contributed by atoms with Crippen molar-refractivity contribution >= 4 is 23.4 Å². The number of anilines is 1. The van der Waals surface area contributed by atoms with E-state index in [1.54, 1.807) is 49.4 Å². The number of para-hydroxylation sites is 2. The number of amides is 3. The van der Waals surface area contributed by atoms with Crippen molar-refractivity contribution in [2.24, 2.45) is 0 Å². The molecular weight excluding hydrogens is 322 g/mol. The van der Waals surface area contributed by atoms with Gasteiger partial charge in [0.1, 0.15) is 5.75 Å². The summed E-state index contributed by atoms with van der Waals surface area (Å²) in [6.45, 7) is 3.33. The van der Waals surface area contributed by atoms with Crippen molar-refractivity contribution in [3.05, 3.63) is 60.2 Å². The third kappa shape index (κ3) is 5.35. The highest BCUT2D eigenvalue weighted by molar-refractivity contribution is 6.39. The number of hydrazine groups is 1. The molecule has 0 radical (unpaired) electrons. The van der Waals surface area contributed by atoms with E-state index in [-0.39, 0.29) is 0 Å². The predicted molar refractivity (Wildman–Crippen MR) is 92.6 cm³/mol. The number of benzene rings is 2. The van der Waals surface area contributed by atoms with Gasteiger partial charge in [0.2, 0.25) is 0 Å². The van der Waals surface area contributed by atoms with Crippen LogP contribution in [0.2, 0.25) is 0 Å². The van der Waals surface area contributed by atoms with Crippen LogP contribution in [0.5, 0.6) is 5.75 Å². The van der Waals surface area contributed by atoms with Crippen LogP contribution >= 0.6 is 0 Å². The molecule has 0 spiro atoms. The Morgan fingerprint density at radius 3 is 2.20 bits per heavy atom. The fourth-order valence-corrected chi connectivity index (χ4v) is 1.93. The number of carbonyl (C=O) groups excluding carboxylic acids is 3. The minimum absolute atomic E-state index is 0.522. The summed E-state index contributed by atoms with van der Waals surface area (Å²) in [5.41, 5.74) is 5.56. The zero-order chi connectivity index (χ0) is 18.2. The normalized spacial score (nSPS) is 11.1. The van der Waals surface area contributed by atoms with Gasteiger partial charge in [-0.25, -0.2) is 0 Å². The molecule has 25 heavy (non-hydrogen) atoms. The molecule has 0 fully saturated rings. The Balaban J connectivity index is 1.81. The molecule has 0 aromatic heterocycles. The second-order valence-electron chi connectivity index (χ2n) is 5.29. The number of nitrogens with one attached hydrogen (secondary N) is 3. The SMILES string of the molecule is Cc1ccccc1NC(=O)C(=O)NNC(=O)[C@H](C)Oc1ccccc1. The second-order valence-corrected chi connectivity index (χ2v) is 5.29. The maximum atomic E-state index is 11.9. The van der Waals surface area contributed by atoms with E-state index in [0.717, 1.165) is 5.56 Å². The van der Waals surface area contributed by atoms with Gasteiger partial charge in [-0.05, 0) is 37.6 Å². The van der Waals surface area contributed by atoms with Gasteiger partial charge in [-0.1, -0.05) is 36.4 Å². The zero-order valence-corrected chi connectivity index (χ0v) is 13.9. The Morgan fingerprint density at radius 1 is 0.880 bits per heavy atom. The smallest absolute Gasteiger partial charge is 0.328 e. The maximum absolute atomic E-state index is 11.9. The van der Waals surface area contributed by atoms with Crippen LogP contribution in [0.1, 0.15) is 12.5 Å². The molecule has 0 saturated heterocycles. The zero-order valence-electron chi connectivity index (χ0n) is 13.9. The number of hydrogen-bond donors (Lipinski definition) is 3. The van der Waals surface area contributed by atoms with E-state index in [1.165, 1.54) is 6.92 Å². The minimum atomic E-state index is -0.983. The molecule has 7 heteroatoms. The number of rotatable bonds is 4. The van der Waals surface area contributed by atoms with E-state index in [4.69, 9.17) is 4.74 Å². The fraction of sp³-hybridized carbons (Fsp3) is 0.167. The van der Waals surface area contributed by atoms with Crippen LogP contribution in [0.4, 0.5) is 5.69 Å². The summed E-state index contributed by atoms with van der Waals surface area (Å²) >= 11 is 0. The first-order chi connectivity index (χ1) is 12.0. The monoisotopic (exact) mass is 341 g/mol. The van der Waals surface area contributed by atoms with E-state index < -0.39 is 23.8 Å². The van der Waals surface area contributed by atoms with E-state index in [2.05, 4.69) is 16.2 Å². The lowest BCUT2D eigenvalue weighted by atomic mass is 10.2. The van der Waals surface area contributed by atoms with Crippen LogP contribution in [0.3, 0.4) is 0 Å². The molecule has 0 aliphatic rings. The Bertz CT molecular complexity index is 762. The molecule has 2 aromatic carbocycles. The van der Waals surface area contributed by atoms with Crippen molar-refractivity contribution in [3.63, 3.8) is 0 Å². The van der Waals surface area contributed by atoms with Crippen LogP contribution in [0.25, 0.3) is 0 Å². The summed E-state index contributed by atoms with van der Waals surface area (Å²) in [5, 5.41) is 2.47. The lowest BCUT2D eigenvalue weighted by molar-refractivity contribution is -0.139. The summed E-state index contributed by atoms with van der Waals surface area (Å²) in [6, 6.07) is 15.8. The predicted octanol–water partition coefficient (Wildman–Crippen LogP) is 1.55. The van der Waals surface area contributed by atoms with Crippen molar-refractivity contribution in [2.75, 3.05) is 5.32 Å². The highest BCUT2D eigenvalue weighted by Gasteiger charge is 2.18. The quantitative estimate of drug-likeness (QED) is 0.581. The summed E-state index contributed by atoms with van der Waals surface area (Å²) in [7, 11) is 0. The average molecular weight is 341 g/mol. The third-order valence-corrected chi connectivity index (χ3v) is 3.32. The Kier molecular flexibility index (Phi) is 6.11. The van der Waals surface area contributed by atoms with Gasteiger partial charge in [0.15, 0.2) is 6.10 Å². The Labute approximate surface area is 145 Å². The van der Waals surface area contributed by atoms with Gasteiger partial charge in [0.05, 0.1) is 0 Å². The number of carbonyl (C=O) groups is 3. The first kappa shape index (κ1) is 18.0. The molecule has 2 aromatic rings. The molecule has 7 nitrogen and oxygen atoms in total. The van der Waals surface area contributed by atoms with E-state index in [1.807, 2.05) is 12.1 Å². The van der Waals surface area contributed by atoms with Crippen LogP contribution < -0.4 is 20.9 Å². The topological polar surface area (TPSA) is 96.5 Å². The first-order valence-electron chi connectivity index (χ1n) is 7.66. The lowest BCUT2D eigenvalue weighted by Gasteiger charge is -2.15. The van der Waals surface area contributed by atoms with Gasteiger partial charge in [0.25, 0.3) is 5.91 Å². The fourth-order valence-electron chi connectivity index (χ4n) is 1.93. The van der Waals surface area contributed by atoms with Gasteiger partial charge in [-0.15, -0.1) is 0 Å². The third-order valence-electron chi connectivity index (χ3n) is 3.32. The van der Waals surface area contributed by atoms with Gasteiger partial charge < -0.3 is 10.1 Å². The van der Waals surface area contributed by atoms with E-state index in [9.17, 15) is 14.4 Å². The molecule has 0 bridgehead atoms. The molecule has 3 amide bonds. The largest absolute Gasteiger partial charge is 0.481 e. The lowest BCUT2D eigenvalue weighted by Crippen LogP contribution is -2.50. The van der Waals surface area contributed by atoms with Gasteiger partial charge >= 0.3 is 11.8 Å². The molecule has 1 atom stereocenters. The van der Waals surface area contributed by atoms with E-state index in [0.29, 0.717) is 11.4 Å². The molecule has 0 saturated carbocycles. The Morgan fingerprint density at radius 2 is 1.52 bits per heavy atom.